The van der Waals surface area contributed by atoms with E-state index >= 15 is 0 Å². The molecule has 2 heteroatoms. The van der Waals surface area contributed by atoms with E-state index in [0.29, 0.717) is 12.2 Å². The molecule has 0 aliphatic heterocycles. The van der Waals surface area contributed by atoms with Gasteiger partial charge in [0.2, 0.25) is 0 Å². The van der Waals surface area contributed by atoms with Crippen LogP contribution in [0.25, 0.3) is 0 Å². The number of nitrogens with one attached hydrogen (secondary N) is 1. The van der Waals surface area contributed by atoms with Crippen molar-refractivity contribution >= 4 is 0 Å². The lowest BCUT2D eigenvalue weighted by molar-refractivity contribution is -0.0816. The summed E-state index contributed by atoms with van der Waals surface area (Å²) in [5, 5.41) is 4.30. The van der Waals surface area contributed by atoms with Gasteiger partial charge in [0, 0.05) is 12.1 Å². The predicted octanol–water partition coefficient (Wildman–Crippen LogP) is 13.8. The summed E-state index contributed by atoms with van der Waals surface area (Å²) in [6, 6.07) is 1.56. The van der Waals surface area contributed by atoms with Crippen molar-refractivity contribution in [2.24, 2.45) is 47.3 Å². The van der Waals surface area contributed by atoms with Crippen molar-refractivity contribution in [3.05, 3.63) is 0 Å². The molecule has 0 aromatic rings. The van der Waals surface area contributed by atoms with Crippen LogP contribution in [-0.4, -0.2) is 24.3 Å². The molecule has 0 aromatic heterocycles. The highest BCUT2D eigenvalue weighted by atomic mass is 16.5. The molecule has 5 fully saturated rings. The van der Waals surface area contributed by atoms with Gasteiger partial charge in [-0.2, -0.15) is 0 Å². The first kappa shape index (κ1) is 39.1. The molecule has 5 saturated carbocycles. The van der Waals surface area contributed by atoms with Crippen LogP contribution < -0.4 is 5.32 Å². The van der Waals surface area contributed by atoms with Gasteiger partial charge >= 0.3 is 0 Å². The molecular weight excluding hydrogens is 583 g/mol. The second kappa shape index (κ2) is 21.4. The minimum atomic E-state index is 0.474. The molecule has 0 amide bonds. The number of rotatable bonds is 18. The van der Waals surface area contributed by atoms with Gasteiger partial charge in [0.25, 0.3) is 0 Å². The lowest BCUT2D eigenvalue weighted by Gasteiger charge is -2.48. The van der Waals surface area contributed by atoms with Gasteiger partial charge in [0.05, 0.1) is 12.2 Å². The zero-order valence-corrected chi connectivity index (χ0v) is 33.0. The third-order valence-corrected chi connectivity index (χ3v) is 15.6. The standard InChI is InChI=1S/C46H85NO/c1-5-7-8-9-10-22-40-23-13-17-29-45(40)47-41(6-2)25-19-24-38-21-12-14-26-42(38)44-28-16-15-27-43(44)39-33-31-37(32-34-39)36(4)48-46-30-18-11-20-35(46)3/h35-47H,5-34H2,1-4H3. The lowest BCUT2D eigenvalue weighted by atomic mass is 9.58. The number of unbranched alkanes of at least 4 members (excludes halogenated alkanes) is 4. The Morgan fingerprint density at radius 1 is 0.583 bits per heavy atom. The summed E-state index contributed by atoms with van der Waals surface area (Å²) in [5.74, 6) is 7.69. The van der Waals surface area contributed by atoms with E-state index in [9.17, 15) is 0 Å². The Bertz CT molecular complexity index is 834. The van der Waals surface area contributed by atoms with E-state index in [1.165, 1.54) is 167 Å². The van der Waals surface area contributed by atoms with Crippen LogP contribution in [0.4, 0.5) is 0 Å². The smallest absolute Gasteiger partial charge is 0.0604 e. The van der Waals surface area contributed by atoms with Crippen LogP contribution in [-0.2, 0) is 4.74 Å². The van der Waals surface area contributed by atoms with Crippen molar-refractivity contribution in [1.82, 2.24) is 5.32 Å². The summed E-state index contributed by atoms with van der Waals surface area (Å²) in [6.07, 6.45) is 45.0. The Hall–Kier alpha value is -0.0800. The van der Waals surface area contributed by atoms with Crippen LogP contribution in [0.5, 0.6) is 0 Å². The minimum Gasteiger partial charge on any atom is -0.375 e. The second-order valence-corrected chi connectivity index (χ2v) is 18.7. The summed E-state index contributed by atoms with van der Waals surface area (Å²) >= 11 is 0. The zero-order chi connectivity index (χ0) is 33.6. The molecule has 0 spiro atoms. The van der Waals surface area contributed by atoms with E-state index in [1.54, 1.807) is 25.7 Å². The summed E-state index contributed by atoms with van der Waals surface area (Å²) in [7, 11) is 0. The average molecular weight is 668 g/mol. The molecule has 2 nitrogen and oxygen atoms in total. The first-order valence-corrected chi connectivity index (χ1v) is 23.0. The van der Waals surface area contributed by atoms with Crippen molar-refractivity contribution in [2.45, 2.75) is 245 Å². The molecule has 0 aromatic carbocycles. The molecule has 5 aliphatic carbocycles. The summed E-state index contributed by atoms with van der Waals surface area (Å²) in [4.78, 5) is 0. The van der Waals surface area contributed by atoms with E-state index < -0.39 is 0 Å². The fourth-order valence-corrected chi connectivity index (χ4v) is 12.5. The average Bonchev–Trinajstić information content (AvgIpc) is 3.13. The summed E-state index contributed by atoms with van der Waals surface area (Å²) < 4.78 is 6.79. The fourth-order valence-electron chi connectivity index (χ4n) is 12.5. The Morgan fingerprint density at radius 3 is 1.96 bits per heavy atom. The van der Waals surface area contributed by atoms with Crippen molar-refractivity contribution in [2.75, 3.05) is 0 Å². The zero-order valence-electron chi connectivity index (χ0n) is 33.0. The van der Waals surface area contributed by atoms with Gasteiger partial charge < -0.3 is 10.1 Å². The monoisotopic (exact) mass is 668 g/mol. The molecule has 10 unspecified atom stereocenters. The number of ether oxygens (including phenoxy) is 1. The molecule has 0 heterocycles. The van der Waals surface area contributed by atoms with Gasteiger partial charge in [-0.25, -0.2) is 0 Å². The third-order valence-electron chi connectivity index (χ3n) is 15.6. The van der Waals surface area contributed by atoms with Gasteiger partial charge in [0.15, 0.2) is 0 Å². The Labute approximate surface area is 301 Å². The largest absolute Gasteiger partial charge is 0.375 e. The van der Waals surface area contributed by atoms with E-state index in [1.807, 2.05) is 0 Å². The molecule has 0 saturated heterocycles. The first-order chi connectivity index (χ1) is 23.6. The normalized spacial score (nSPS) is 38.0. The molecule has 48 heavy (non-hydrogen) atoms. The van der Waals surface area contributed by atoms with E-state index in [2.05, 4.69) is 33.0 Å². The molecule has 0 radical (unpaired) electrons. The Morgan fingerprint density at radius 2 is 1.21 bits per heavy atom. The van der Waals surface area contributed by atoms with Crippen LogP contribution in [0.1, 0.15) is 220 Å². The maximum atomic E-state index is 6.79. The lowest BCUT2D eigenvalue weighted by Crippen LogP contribution is -2.44. The highest BCUT2D eigenvalue weighted by Crippen LogP contribution is 2.51. The molecular formula is C46H85NO. The molecule has 1 N–H and O–H groups in total. The summed E-state index contributed by atoms with van der Waals surface area (Å²) in [5.41, 5.74) is 0. The minimum absolute atomic E-state index is 0.474. The van der Waals surface area contributed by atoms with E-state index in [4.69, 9.17) is 4.74 Å². The van der Waals surface area contributed by atoms with Crippen molar-refractivity contribution < 1.29 is 4.74 Å². The van der Waals surface area contributed by atoms with Gasteiger partial charge in [0.1, 0.15) is 0 Å². The topological polar surface area (TPSA) is 21.3 Å². The fraction of sp³-hybridized carbons (Fsp3) is 1.00. The maximum Gasteiger partial charge on any atom is 0.0604 e. The van der Waals surface area contributed by atoms with E-state index in [-0.39, 0.29) is 0 Å². The van der Waals surface area contributed by atoms with Crippen molar-refractivity contribution in [3.8, 4) is 0 Å². The number of hydrogen-bond donors (Lipinski definition) is 1. The molecule has 5 aliphatic rings. The Kier molecular flexibility index (Phi) is 17.5. The van der Waals surface area contributed by atoms with Gasteiger partial charge in [-0.15, -0.1) is 0 Å². The molecule has 10 atom stereocenters. The van der Waals surface area contributed by atoms with Crippen molar-refractivity contribution in [1.29, 1.82) is 0 Å². The quantitative estimate of drug-likeness (QED) is 0.147. The van der Waals surface area contributed by atoms with E-state index in [0.717, 1.165) is 59.4 Å². The van der Waals surface area contributed by atoms with Gasteiger partial charge in [-0.05, 0) is 144 Å². The second-order valence-electron chi connectivity index (χ2n) is 18.7. The Balaban J connectivity index is 1.08. The van der Waals surface area contributed by atoms with Gasteiger partial charge in [-0.1, -0.05) is 124 Å². The predicted molar refractivity (Wildman–Crippen MR) is 208 cm³/mol. The highest BCUT2D eigenvalue weighted by molar-refractivity contribution is 4.92. The SMILES string of the molecule is CCCCCCCC1CCCCC1NC(CC)CCCC1CCCCC1C1CCCCC1C1CCC(C(C)OC2CCCCC2C)CC1. The molecule has 5 rings (SSSR count). The molecule has 280 valence electrons. The van der Waals surface area contributed by atoms with Crippen LogP contribution in [0.3, 0.4) is 0 Å². The maximum absolute atomic E-state index is 6.79. The van der Waals surface area contributed by atoms with Gasteiger partial charge in [-0.3, -0.25) is 0 Å². The van der Waals surface area contributed by atoms with Crippen LogP contribution in [0.15, 0.2) is 0 Å². The number of hydrogen-bond acceptors (Lipinski definition) is 2. The third kappa shape index (κ3) is 11.7. The highest BCUT2D eigenvalue weighted by Gasteiger charge is 2.42. The van der Waals surface area contributed by atoms with Crippen molar-refractivity contribution in [3.63, 3.8) is 0 Å². The van der Waals surface area contributed by atoms with Crippen LogP contribution >= 0.6 is 0 Å². The summed E-state index contributed by atoms with van der Waals surface area (Å²) in [6.45, 7) is 9.69. The van der Waals surface area contributed by atoms with Crippen LogP contribution in [0.2, 0.25) is 0 Å². The molecule has 0 bridgehead atoms. The first-order valence-electron chi connectivity index (χ1n) is 23.0. The van der Waals surface area contributed by atoms with Crippen LogP contribution in [0, 0.1) is 47.3 Å².